The molecule has 1 fully saturated rings. The Kier molecular flexibility index (Phi) is 5.98. The number of amides is 1. The summed E-state index contributed by atoms with van der Waals surface area (Å²) in [4.78, 5) is 13.8. The highest BCUT2D eigenvalue weighted by atomic mass is 16.5. The zero-order valence-corrected chi connectivity index (χ0v) is 11.9. The first-order valence-electron chi connectivity index (χ1n) is 6.93. The van der Waals surface area contributed by atoms with Gasteiger partial charge in [0.05, 0.1) is 26.4 Å². The summed E-state index contributed by atoms with van der Waals surface area (Å²) in [6, 6.07) is 8.10. The highest BCUT2D eigenvalue weighted by Gasteiger charge is 2.16. The molecule has 1 N–H and O–H groups in total. The highest BCUT2D eigenvalue weighted by molar-refractivity contribution is 5.78. The van der Waals surface area contributed by atoms with Crippen LogP contribution in [0.3, 0.4) is 0 Å². The molecule has 1 aromatic carbocycles. The lowest BCUT2D eigenvalue weighted by Gasteiger charge is -2.27. The van der Waals surface area contributed by atoms with Crippen LogP contribution in [0.5, 0.6) is 0 Å². The molecule has 5 nitrogen and oxygen atoms in total. The average molecular weight is 278 g/mol. The third-order valence-electron chi connectivity index (χ3n) is 3.37. The van der Waals surface area contributed by atoms with E-state index < -0.39 is 0 Å². The van der Waals surface area contributed by atoms with Gasteiger partial charge in [-0.05, 0) is 11.1 Å². The van der Waals surface area contributed by atoms with Gasteiger partial charge in [-0.15, -0.1) is 0 Å². The maximum atomic E-state index is 12.0. The van der Waals surface area contributed by atoms with Crippen LogP contribution in [0.2, 0.25) is 0 Å². The van der Waals surface area contributed by atoms with Crippen LogP contribution >= 0.6 is 0 Å². The largest absolute Gasteiger partial charge is 0.380 e. The fourth-order valence-corrected chi connectivity index (χ4v) is 2.25. The van der Waals surface area contributed by atoms with E-state index in [9.17, 15) is 4.79 Å². The first kappa shape index (κ1) is 15.0. The monoisotopic (exact) mass is 278 g/mol. The molecule has 0 saturated carbocycles. The summed E-state index contributed by atoms with van der Waals surface area (Å²) >= 11 is 0. The van der Waals surface area contributed by atoms with Crippen molar-refractivity contribution >= 4 is 5.91 Å². The van der Waals surface area contributed by atoms with E-state index >= 15 is 0 Å². The van der Waals surface area contributed by atoms with Gasteiger partial charge in [0.15, 0.2) is 0 Å². The van der Waals surface area contributed by atoms with Crippen LogP contribution in [0.15, 0.2) is 24.3 Å². The lowest BCUT2D eigenvalue weighted by Crippen LogP contribution is -2.44. The van der Waals surface area contributed by atoms with Crippen LogP contribution in [0.1, 0.15) is 11.1 Å². The van der Waals surface area contributed by atoms with Crippen molar-refractivity contribution in [1.29, 1.82) is 0 Å². The van der Waals surface area contributed by atoms with Gasteiger partial charge in [0.25, 0.3) is 0 Å². The molecule has 0 radical (unpaired) electrons. The minimum atomic E-state index is 0.137. The molecule has 20 heavy (non-hydrogen) atoms. The van der Waals surface area contributed by atoms with Crippen molar-refractivity contribution < 1.29 is 14.3 Å². The fourth-order valence-electron chi connectivity index (χ4n) is 2.25. The number of carbonyl (C=O) groups is 1. The Bertz CT molecular complexity index is 431. The van der Waals surface area contributed by atoms with Crippen molar-refractivity contribution in [3.8, 4) is 0 Å². The normalized spacial score (nSPS) is 15.3. The van der Waals surface area contributed by atoms with E-state index in [1.165, 1.54) is 5.56 Å². The van der Waals surface area contributed by atoms with E-state index in [-0.39, 0.29) is 5.91 Å². The molecule has 110 valence electrons. The average Bonchev–Trinajstić information content (AvgIpc) is 2.50. The third-order valence-corrected chi connectivity index (χ3v) is 3.37. The van der Waals surface area contributed by atoms with Crippen molar-refractivity contribution in [2.45, 2.75) is 13.2 Å². The molecule has 5 heteroatoms. The Labute approximate surface area is 119 Å². The molecule has 1 aliphatic heterocycles. The minimum Gasteiger partial charge on any atom is -0.380 e. The Morgan fingerprint density at radius 3 is 2.70 bits per heavy atom. The molecule has 0 spiro atoms. The van der Waals surface area contributed by atoms with Crippen LogP contribution in [0.25, 0.3) is 0 Å². The predicted molar refractivity (Wildman–Crippen MR) is 76.3 cm³/mol. The number of rotatable bonds is 6. The van der Waals surface area contributed by atoms with E-state index in [2.05, 4.69) is 11.4 Å². The lowest BCUT2D eigenvalue weighted by atomic mass is 10.1. The standard InChI is InChI=1S/C15H22N2O3/c1-19-12-14-5-3-2-4-13(14)10-16-11-15(18)17-6-8-20-9-7-17/h2-5,16H,6-12H2,1H3. The van der Waals surface area contributed by atoms with Crippen molar-refractivity contribution in [3.05, 3.63) is 35.4 Å². The van der Waals surface area contributed by atoms with Gasteiger partial charge in [-0.1, -0.05) is 24.3 Å². The van der Waals surface area contributed by atoms with Crippen molar-refractivity contribution in [2.24, 2.45) is 0 Å². The summed E-state index contributed by atoms with van der Waals surface area (Å²) < 4.78 is 10.4. The number of nitrogens with one attached hydrogen (secondary N) is 1. The molecule has 1 amide bonds. The van der Waals surface area contributed by atoms with Gasteiger partial charge < -0.3 is 19.7 Å². The van der Waals surface area contributed by atoms with Gasteiger partial charge >= 0.3 is 0 Å². The predicted octanol–water partition coefficient (Wildman–Crippen LogP) is 0.781. The first-order chi connectivity index (χ1) is 9.81. The lowest BCUT2D eigenvalue weighted by molar-refractivity contribution is -0.134. The SMILES string of the molecule is COCc1ccccc1CNCC(=O)N1CCOCC1. The molecule has 2 rings (SSSR count). The molecule has 0 bridgehead atoms. The van der Waals surface area contributed by atoms with Crippen LogP contribution in [-0.2, 0) is 27.4 Å². The number of methoxy groups -OCH3 is 1. The molecule has 1 heterocycles. The van der Waals surface area contributed by atoms with Crippen molar-refractivity contribution in [2.75, 3.05) is 40.0 Å². The van der Waals surface area contributed by atoms with Gasteiger partial charge in [-0.25, -0.2) is 0 Å². The molecule has 0 aromatic heterocycles. The first-order valence-corrected chi connectivity index (χ1v) is 6.93. The zero-order chi connectivity index (χ0) is 14.2. The summed E-state index contributed by atoms with van der Waals surface area (Å²) in [5.74, 6) is 0.137. The number of nitrogens with zero attached hydrogens (tertiary/aromatic N) is 1. The molecule has 1 saturated heterocycles. The number of hydrogen-bond donors (Lipinski definition) is 1. The second-order valence-corrected chi connectivity index (χ2v) is 4.80. The Morgan fingerprint density at radius 1 is 1.30 bits per heavy atom. The molecule has 0 atom stereocenters. The topological polar surface area (TPSA) is 50.8 Å². The molecule has 0 aliphatic carbocycles. The summed E-state index contributed by atoms with van der Waals surface area (Å²) in [7, 11) is 1.69. The number of carbonyl (C=O) groups excluding carboxylic acids is 1. The quantitative estimate of drug-likeness (QED) is 0.835. The minimum absolute atomic E-state index is 0.137. The number of hydrogen-bond acceptors (Lipinski definition) is 4. The van der Waals surface area contributed by atoms with E-state index in [1.54, 1.807) is 7.11 Å². The van der Waals surface area contributed by atoms with Crippen LogP contribution in [-0.4, -0.2) is 50.8 Å². The Hall–Kier alpha value is -1.43. The number of morpholine rings is 1. The molecular formula is C15H22N2O3. The second-order valence-electron chi connectivity index (χ2n) is 4.80. The maximum Gasteiger partial charge on any atom is 0.236 e. The van der Waals surface area contributed by atoms with Gasteiger partial charge in [-0.2, -0.15) is 0 Å². The van der Waals surface area contributed by atoms with E-state index in [1.807, 2.05) is 23.1 Å². The summed E-state index contributed by atoms with van der Waals surface area (Å²) in [6.07, 6.45) is 0. The van der Waals surface area contributed by atoms with Crippen molar-refractivity contribution in [1.82, 2.24) is 10.2 Å². The van der Waals surface area contributed by atoms with Crippen LogP contribution in [0.4, 0.5) is 0 Å². The number of benzene rings is 1. The highest BCUT2D eigenvalue weighted by Crippen LogP contribution is 2.09. The third kappa shape index (κ3) is 4.30. The molecular weight excluding hydrogens is 256 g/mol. The fraction of sp³-hybridized carbons (Fsp3) is 0.533. The van der Waals surface area contributed by atoms with E-state index in [4.69, 9.17) is 9.47 Å². The molecule has 0 unspecified atom stereocenters. The van der Waals surface area contributed by atoms with Gasteiger partial charge in [0, 0.05) is 26.7 Å². The molecule has 1 aliphatic rings. The van der Waals surface area contributed by atoms with E-state index in [0.717, 1.165) is 5.56 Å². The molecule has 1 aromatic rings. The van der Waals surface area contributed by atoms with Crippen LogP contribution in [0, 0.1) is 0 Å². The van der Waals surface area contributed by atoms with Crippen molar-refractivity contribution in [3.63, 3.8) is 0 Å². The van der Waals surface area contributed by atoms with Gasteiger partial charge in [-0.3, -0.25) is 4.79 Å². The number of ether oxygens (including phenoxy) is 2. The summed E-state index contributed by atoms with van der Waals surface area (Å²) in [5, 5.41) is 3.21. The Balaban J connectivity index is 1.79. The van der Waals surface area contributed by atoms with E-state index in [0.29, 0.717) is 46.0 Å². The zero-order valence-electron chi connectivity index (χ0n) is 11.9. The van der Waals surface area contributed by atoms with Gasteiger partial charge in [0.2, 0.25) is 5.91 Å². The second kappa shape index (κ2) is 7.99. The maximum absolute atomic E-state index is 12.0. The summed E-state index contributed by atoms with van der Waals surface area (Å²) in [5.41, 5.74) is 2.32. The van der Waals surface area contributed by atoms with Crippen LogP contribution < -0.4 is 5.32 Å². The Morgan fingerprint density at radius 2 is 2.00 bits per heavy atom. The smallest absolute Gasteiger partial charge is 0.236 e. The summed E-state index contributed by atoms with van der Waals surface area (Å²) in [6.45, 7) is 4.30. The van der Waals surface area contributed by atoms with Gasteiger partial charge in [0.1, 0.15) is 0 Å².